The summed E-state index contributed by atoms with van der Waals surface area (Å²) in [4.78, 5) is 0. The third kappa shape index (κ3) is 3.80. The van der Waals surface area contributed by atoms with E-state index in [4.69, 9.17) is 16.1 Å². The lowest BCUT2D eigenvalue weighted by Crippen LogP contribution is -2.01. The van der Waals surface area contributed by atoms with Gasteiger partial charge in [-0.2, -0.15) is 0 Å². The predicted molar refractivity (Wildman–Crippen MR) is 75.7 cm³/mol. The third-order valence-electron chi connectivity index (χ3n) is 2.20. The largest absolute Gasteiger partial charge is 0.429 e. The Morgan fingerprint density at radius 3 is 2.28 bits per heavy atom. The fraction of sp³-hybridized carbons (Fsp3) is 0.0769. The molecular weight excluding hydrogens is 269 g/mol. The molecule has 2 aromatic carbocycles. The first-order valence-electron chi connectivity index (χ1n) is 5.41. The van der Waals surface area contributed by atoms with Crippen LogP contribution in [0.1, 0.15) is 0 Å². The van der Waals surface area contributed by atoms with Crippen molar-refractivity contribution in [1.82, 2.24) is 0 Å². The van der Waals surface area contributed by atoms with Crippen LogP contribution in [0.15, 0.2) is 54.6 Å². The lowest BCUT2D eigenvalue weighted by molar-refractivity contribution is 0.493. The molecule has 0 spiro atoms. The Labute approximate surface area is 111 Å². The van der Waals surface area contributed by atoms with Gasteiger partial charge in [-0.25, -0.2) is 0 Å². The minimum atomic E-state index is -2.94. The average molecular weight is 282 g/mol. The number of nitrogens with one attached hydrogen (secondary N) is 1. The average Bonchev–Trinajstić information content (AvgIpc) is 2.32. The van der Waals surface area contributed by atoms with Gasteiger partial charge < -0.3 is 9.61 Å². The number of halogens is 1. The van der Waals surface area contributed by atoms with E-state index in [1.165, 1.54) is 6.66 Å². The normalized spacial score (nSPS) is 13.7. The molecule has 0 radical (unpaired) electrons. The molecule has 0 aliphatic heterocycles. The lowest BCUT2D eigenvalue weighted by atomic mass is 10.3. The summed E-state index contributed by atoms with van der Waals surface area (Å²) in [5.41, 5.74) is 0.761. The number of benzene rings is 2. The Kier molecular flexibility index (Phi) is 3.95. The first-order valence-corrected chi connectivity index (χ1v) is 7.86. The molecule has 0 heterocycles. The minimum Gasteiger partial charge on any atom is -0.429 e. The molecule has 1 atom stereocenters. The Morgan fingerprint density at radius 2 is 1.67 bits per heavy atom. The maximum absolute atomic E-state index is 12.3. The van der Waals surface area contributed by atoms with Crippen LogP contribution in [0.2, 0.25) is 5.02 Å². The van der Waals surface area contributed by atoms with Gasteiger partial charge in [-0.15, -0.1) is 0 Å². The van der Waals surface area contributed by atoms with Crippen LogP contribution in [0.25, 0.3) is 0 Å². The number of hydrogen-bond acceptors (Lipinski definition) is 2. The maximum atomic E-state index is 12.3. The molecular formula is C13H13ClNO2P. The SMILES string of the molecule is C[P@](=O)(Nc1ccccc1)Oc1ccc(Cl)cc1. The topological polar surface area (TPSA) is 38.3 Å². The number of rotatable bonds is 4. The van der Waals surface area contributed by atoms with Gasteiger partial charge in [-0.1, -0.05) is 29.8 Å². The van der Waals surface area contributed by atoms with Gasteiger partial charge in [0, 0.05) is 17.4 Å². The molecule has 1 N–H and O–H groups in total. The lowest BCUT2D eigenvalue weighted by Gasteiger charge is -2.17. The Balaban J connectivity index is 2.08. The molecule has 3 nitrogen and oxygen atoms in total. The Bertz CT molecular complexity index is 557. The van der Waals surface area contributed by atoms with Crippen molar-refractivity contribution in [1.29, 1.82) is 0 Å². The van der Waals surface area contributed by atoms with Gasteiger partial charge in [0.25, 0.3) is 0 Å². The van der Waals surface area contributed by atoms with Crippen LogP contribution in [-0.4, -0.2) is 6.66 Å². The van der Waals surface area contributed by atoms with Gasteiger partial charge in [0.05, 0.1) is 0 Å². The van der Waals surface area contributed by atoms with Crippen molar-refractivity contribution in [2.75, 3.05) is 11.8 Å². The molecule has 0 unspecified atom stereocenters. The highest BCUT2D eigenvalue weighted by Gasteiger charge is 2.16. The van der Waals surface area contributed by atoms with E-state index in [2.05, 4.69) is 5.09 Å². The quantitative estimate of drug-likeness (QED) is 0.829. The van der Waals surface area contributed by atoms with E-state index >= 15 is 0 Å². The first kappa shape index (κ1) is 13.0. The second-order valence-electron chi connectivity index (χ2n) is 3.87. The van der Waals surface area contributed by atoms with Crippen molar-refractivity contribution in [3.8, 4) is 5.75 Å². The number of para-hydroxylation sites is 1. The molecule has 0 aliphatic rings. The fourth-order valence-corrected chi connectivity index (χ4v) is 2.78. The van der Waals surface area contributed by atoms with Crippen molar-refractivity contribution >= 4 is 24.8 Å². The van der Waals surface area contributed by atoms with Crippen LogP contribution in [0.4, 0.5) is 5.69 Å². The van der Waals surface area contributed by atoms with Crippen molar-refractivity contribution in [3.63, 3.8) is 0 Å². The van der Waals surface area contributed by atoms with Crippen LogP contribution in [0.3, 0.4) is 0 Å². The number of anilines is 1. The zero-order valence-electron chi connectivity index (χ0n) is 9.84. The Hall–Kier alpha value is -1.44. The second kappa shape index (κ2) is 5.47. The van der Waals surface area contributed by atoms with E-state index in [9.17, 15) is 4.57 Å². The predicted octanol–water partition coefficient (Wildman–Crippen LogP) is 4.65. The smallest absolute Gasteiger partial charge is 0.338 e. The van der Waals surface area contributed by atoms with Crippen molar-refractivity contribution < 1.29 is 9.09 Å². The third-order valence-corrected chi connectivity index (χ3v) is 3.67. The van der Waals surface area contributed by atoms with Gasteiger partial charge in [0.1, 0.15) is 5.75 Å². The fourth-order valence-electron chi connectivity index (χ4n) is 1.47. The molecule has 2 rings (SSSR count). The Morgan fingerprint density at radius 1 is 1.06 bits per heavy atom. The summed E-state index contributed by atoms with van der Waals surface area (Å²) in [6.45, 7) is 1.54. The van der Waals surface area contributed by atoms with Crippen molar-refractivity contribution in [3.05, 3.63) is 59.6 Å². The van der Waals surface area contributed by atoms with Crippen LogP contribution in [0.5, 0.6) is 5.75 Å². The molecule has 18 heavy (non-hydrogen) atoms. The van der Waals surface area contributed by atoms with Crippen LogP contribution in [0, 0.1) is 0 Å². The highest BCUT2D eigenvalue weighted by Crippen LogP contribution is 2.43. The minimum absolute atomic E-state index is 0.522. The van der Waals surface area contributed by atoms with E-state index in [1.54, 1.807) is 24.3 Å². The van der Waals surface area contributed by atoms with Gasteiger partial charge in [0.2, 0.25) is 0 Å². The summed E-state index contributed by atoms with van der Waals surface area (Å²) in [5.74, 6) is 0.522. The standard InChI is InChI=1S/C13H13ClNO2P/c1-18(16,15-12-5-3-2-4-6-12)17-13-9-7-11(14)8-10-13/h2-10H,1H3,(H,15,16)/t18-/m1/s1. The molecule has 0 saturated carbocycles. The summed E-state index contributed by atoms with van der Waals surface area (Å²) in [6.07, 6.45) is 0. The van der Waals surface area contributed by atoms with E-state index in [0.717, 1.165) is 5.69 Å². The monoisotopic (exact) mass is 281 g/mol. The first-order chi connectivity index (χ1) is 8.55. The molecule has 0 bridgehead atoms. The zero-order chi connectivity index (χ0) is 13.0. The summed E-state index contributed by atoms with van der Waals surface area (Å²) < 4.78 is 17.7. The molecule has 0 aliphatic carbocycles. The van der Waals surface area contributed by atoms with Crippen molar-refractivity contribution in [2.45, 2.75) is 0 Å². The molecule has 0 saturated heterocycles. The van der Waals surface area contributed by atoms with E-state index in [-0.39, 0.29) is 0 Å². The van der Waals surface area contributed by atoms with Gasteiger partial charge in [0.15, 0.2) is 0 Å². The van der Waals surface area contributed by atoms with E-state index in [1.807, 2.05) is 30.3 Å². The van der Waals surface area contributed by atoms with Gasteiger partial charge in [-0.05, 0) is 36.4 Å². The van der Waals surface area contributed by atoms with Crippen LogP contribution >= 0.6 is 19.1 Å². The summed E-state index contributed by atoms with van der Waals surface area (Å²) in [5, 5.41) is 3.50. The summed E-state index contributed by atoms with van der Waals surface area (Å²) in [7, 11) is -2.94. The molecule has 5 heteroatoms. The van der Waals surface area contributed by atoms with Gasteiger partial charge in [-0.3, -0.25) is 4.57 Å². The summed E-state index contributed by atoms with van der Waals surface area (Å²) in [6, 6.07) is 16.1. The van der Waals surface area contributed by atoms with Gasteiger partial charge >= 0.3 is 7.52 Å². The number of hydrogen-bond donors (Lipinski definition) is 1. The van der Waals surface area contributed by atoms with E-state index in [0.29, 0.717) is 10.8 Å². The van der Waals surface area contributed by atoms with E-state index < -0.39 is 7.52 Å². The highest BCUT2D eigenvalue weighted by atomic mass is 35.5. The second-order valence-corrected chi connectivity index (χ2v) is 6.40. The van der Waals surface area contributed by atoms with Crippen LogP contribution in [-0.2, 0) is 4.57 Å². The molecule has 0 aromatic heterocycles. The molecule has 0 fully saturated rings. The molecule has 0 amide bonds. The van der Waals surface area contributed by atoms with Crippen molar-refractivity contribution in [2.24, 2.45) is 0 Å². The summed E-state index contributed by atoms with van der Waals surface area (Å²) >= 11 is 5.77. The zero-order valence-corrected chi connectivity index (χ0v) is 11.5. The van der Waals surface area contributed by atoms with Crippen LogP contribution < -0.4 is 9.61 Å². The maximum Gasteiger partial charge on any atom is 0.338 e. The molecule has 2 aromatic rings. The molecule has 94 valence electrons. The highest BCUT2D eigenvalue weighted by molar-refractivity contribution is 7.60.